The zero-order valence-electron chi connectivity index (χ0n) is 15.3. The normalized spacial score (nSPS) is 13.6. The zero-order chi connectivity index (χ0) is 21.3. The highest BCUT2D eigenvalue weighted by atomic mass is 19.4. The quantitative estimate of drug-likeness (QED) is 0.597. The first-order chi connectivity index (χ1) is 13.6. The van der Waals surface area contributed by atoms with Crippen LogP contribution in [0.3, 0.4) is 0 Å². The molecule has 29 heavy (non-hydrogen) atoms. The van der Waals surface area contributed by atoms with Crippen LogP contribution >= 0.6 is 0 Å². The highest BCUT2D eigenvalue weighted by molar-refractivity contribution is 6.21. The third kappa shape index (κ3) is 4.28. The first-order valence-corrected chi connectivity index (χ1v) is 8.71. The zero-order valence-corrected chi connectivity index (χ0v) is 15.3. The van der Waals surface area contributed by atoms with Crippen LogP contribution in [0.1, 0.15) is 44.7 Å². The predicted molar refractivity (Wildman–Crippen MR) is 95.8 cm³/mol. The molecule has 9 heteroatoms. The largest absolute Gasteiger partial charge is 0.419 e. The third-order valence-corrected chi connectivity index (χ3v) is 4.47. The average molecular weight is 408 g/mol. The van der Waals surface area contributed by atoms with Gasteiger partial charge < -0.3 is 5.32 Å². The molecular formula is C20H16F4N2O3. The molecule has 0 saturated heterocycles. The summed E-state index contributed by atoms with van der Waals surface area (Å²) in [7, 11) is 0. The minimum Gasteiger partial charge on any atom is -0.326 e. The molecule has 0 aromatic heterocycles. The fourth-order valence-electron chi connectivity index (χ4n) is 3.05. The number of hydrogen-bond donors (Lipinski definition) is 1. The van der Waals surface area contributed by atoms with Crippen molar-refractivity contribution in [2.45, 2.75) is 25.9 Å². The lowest BCUT2D eigenvalue weighted by atomic mass is 10.1. The van der Waals surface area contributed by atoms with Crippen molar-refractivity contribution < 1.29 is 31.9 Å². The Labute approximate surface area is 163 Å². The minimum atomic E-state index is -4.88. The Bertz CT molecular complexity index is 1000. The Hall–Kier alpha value is -3.23. The Balaban J connectivity index is 1.57. The Morgan fingerprint density at radius 1 is 1.03 bits per heavy atom. The molecule has 0 saturated carbocycles. The van der Waals surface area contributed by atoms with E-state index < -0.39 is 35.3 Å². The van der Waals surface area contributed by atoms with Crippen LogP contribution in [0.5, 0.6) is 0 Å². The monoisotopic (exact) mass is 408 g/mol. The van der Waals surface area contributed by atoms with Gasteiger partial charge in [0.1, 0.15) is 5.82 Å². The number of nitrogens with zero attached hydrogens (tertiary/aromatic N) is 1. The molecule has 0 unspecified atom stereocenters. The van der Waals surface area contributed by atoms with E-state index in [0.717, 1.165) is 16.5 Å². The maximum absolute atomic E-state index is 13.3. The number of alkyl halides is 3. The van der Waals surface area contributed by atoms with E-state index in [1.165, 1.54) is 0 Å². The van der Waals surface area contributed by atoms with E-state index in [1.807, 2.05) is 0 Å². The van der Waals surface area contributed by atoms with Crippen molar-refractivity contribution in [2.75, 3.05) is 11.9 Å². The van der Waals surface area contributed by atoms with Crippen molar-refractivity contribution in [3.8, 4) is 0 Å². The Morgan fingerprint density at radius 2 is 1.72 bits per heavy atom. The van der Waals surface area contributed by atoms with Crippen molar-refractivity contribution in [3.05, 3.63) is 64.5 Å². The van der Waals surface area contributed by atoms with Crippen molar-refractivity contribution in [2.24, 2.45) is 0 Å². The molecule has 0 radical (unpaired) electrons. The molecule has 5 nitrogen and oxygen atoms in total. The van der Waals surface area contributed by atoms with E-state index in [9.17, 15) is 31.9 Å². The van der Waals surface area contributed by atoms with Gasteiger partial charge in [0.15, 0.2) is 0 Å². The lowest BCUT2D eigenvalue weighted by Gasteiger charge is -2.14. The third-order valence-electron chi connectivity index (χ3n) is 4.47. The molecule has 1 aliphatic rings. The van der Waals surface area contributed by atoms with E-state index in [4.69, 9.17) is 0 Å². The van der Waals surface area contributed by atoms with Gasteiger partial charge in [-0.25, -0.2) is 4.39 Å². The molecule has 0 bridgehead atoms. The standard InChI is InChI=1S/C20H16F4N2O3/c1-11-4-6-13-14(9-11)19(29)26(18(13)28)8-2-3-17(27)25-12-5-7-16(21)15(10-12)20(22,23)24/h4-7,9-10H,2-3,8H2,1H3,(H,25,27). The van der Waals surface area contributed by atoms with Crippen molar-refractivity contribution in [3.63, 3.8) is 0 Å². The van der Waals surface area contributed by atoms with Crippen LogP contribution in [0.4, 0.5) is 23.2 Å². The second kappa shape index (κ2) is 7.65. The molecule has 0 fully saturated rings. The van der Waals surface area contributed by atoms with Crippen molar-refractivity contribution in [1.82, 2.24) is 4.90 Å². The summed E-state index contributed by atoms with van der Waals surface area (Å²) < 4.78 is 51.5. The molecule has 2 aromatic carbocycles. The SMILES string of the molecule is Cc1ccc2c(c1)C(=O)N(CCCC(=O)Nc1ccc(F)c(C(F)(F)F)c1)C2=O. The number of hydrogen-bond acceptors (Lipinski definition) is 3. The number of benzene rings is 2. The van der Waals surface area contributed by atoms with Gasteiger partial charge in [0.05, 0.1) is 16.7 Å². The number of amides is 3. The fraction of sp³-hybridized carbons (Fsp3) is 0.250. The predicted octanol–water partition coefficient (Wildman–Crippen LogP) is 4.17. The highest BCUT2D eigenvalue weighted by Crippen LogP contribution is 2.33. The van der Waals surface area contributed by atoms with Crippen LogP contribution in [-0.2, 0) is 11.0 Å². The number of aryl methyl sites for hydroxylation is 1. The van der Waals surface area contributed by atoms with Gasteiger partial charge in [-0.15, -0.1) is 0 Å². The van der Waals surface area contributed by atoms with E-state index in [2.05, 4.69) is 5.32 Å². The second-order valence-corrected chi connectivity index (χ2v) is 6.66. The van der Waals surface area contributed by atoms with Crippen LogP contribution in [0.15, 0.2) is 36.4 Å². The summed E-state index contributed by atoms with van der Waals surface area (Å²) >= 11 is 0. The van der Waals surface area contributed by atoms with Gasteiger partial charge in [0, 0.05) is 18.7 Å². The maximum Gasteiger partial charge on any atom is 0.419 e. The van der Waals surface area contributed by atoms with Gasteiger partial charge >= 0.3 is 6.18 Å². The van der Waals surface area contributed by atoms with Gasteiger partial charge in [-0.2, -0.15) is 13.2 Å². The second-order valence-electron chi connectivity index (χ2n) is 6.66. The number of rotatable bonds is 5. The summed E-state index contributed by atoms with van der Waals surface area (Å²) in [5.41, 5.74) is -0.221. The van der Waals surface area contributed by atoms with Crippen molar-refractivity contribution >= 4 is 23.4 Å². The number of halogens is 4. The molecular weight excluding hydrogens is 392 g/mol. The first-order valence-electron chi connectivity index (χ1n) is 8.71. The number of fused-ring (bicyclic) bond motifs is 1. The molecule has 1 aliphatic heterocycles. The molecule has 152 valence electrons. The van der Waals surface area contributed by atoms with E-state index in [1.54, 1.807) is 25.1 Å². The minimum absolute atomic E-state index is 0.00394. The van der Waals surface area contributed by atoms with Crippen LogP contribution in [0.25, 0.3) is 0 Å². The molecule has 2 aromatic rings. The lowest BCUT2D eigenvalue weighted by molar-refractivity contribution is -0.140. The molecule has 0 aliphatic carbocycles. The fourth-order valence-corrected chi connectivity index (χ4v) is 3.05. The lowest BCUT2D eigenvalue weighted by Crippen LogP contribution is -2.31. The number of carbonyl (C=O) groups is 3. The van der Waals surface area contributed by atoms with Gasteiger partial charge in [0.2, 0.25) is 5.91 Å². The van der Waals surface area contributed by atoms with Gasteiger partial charge in [-0.1, -0.05) is 11.6 Å². The van der Waals surface area contributed by atoms with Crippen molar-refractivity contribution in [1.29, 1.82) is 0 Å². The molecule has 1 N–H and O–H groups in total. The summed E-state index contributed by atoms with van der Waals surface area (Å²) in [6.45, 7) is 1.79. The van der Waals surface area contributed by atoms with Gasteiger partial charge in [0.25, 0.3) is 11.8 Å². The topological polar surface area (TPSA) is 66.5 Å². The number of carbonyl (C=O) groups excluding carboxylic acids is 3. The Kier molecular flexibility index (Phi) is 5.41. The number of anilines is 1. The Morgan fingerprint density at radius 3 is 2.41 bits per heavy atom. The molecule has 1 heterocycles. The summed E-state index contributed by atoms with van der Waals surface area (Å²) in [5.74, 6) is -2.94. The highest BCUT2D eigenvalue weighted by Gasteiger charge is 2.35. The van der Waals surface area contributed by atoms with Crippen LogP contribution in [0.2, 0.25) is 0 Å². The van der Waals surface area contributed by atoms with E-state index >= 15 is 0 Å². The molecule has 3 amide bonds. The van der Waals surface area contributed by atoms with Gasteiger partial charge in [-0.05, 0) is 43.7 Å². The molecule has 3 rings (SSSR count). The molecule has 0 spiro atoms. The van der Waals surface area contributed by atoms with E-state index in [0.29, 0.717) is 23.3 Å². The average Bonchev–Trinajstić information content (AvgIpc) is 2.86. The number of imide groups is 1. The summed E-state index contributed by atoms with van der Waals surface area (Å²) in [5, 5.41) is 2.26. The first kappa shape index (κ1) is 20.5. The van der Waals surface area contributed by atoms with Crippen LogP contribution in [0, 0.1) is 12.7 Å². The van der Waals surface area contributed by atoms with Crippen LogP contribution < -0.4 is 5.32 Å². The summed E-state index contributed by atoms with van der Waals surface area (Å²) in [6, 6.07) is 7.08. The summed E-state index contributed by atoms with van der Waals surface area (Å²) in [6.07, 6.45) is -4.89. The number of nitrogens with one attached hydrogen (secondary N) is 1. The molecule has 0 atom stereocenters. The summed E-state index contributed by atoms with van der Waals surface area (Å²) in [4.78, 5) is 37.7. The smallest absolute Gasteiger partial charge is 0.326 e. The van der Waals surface area contributed by atoms with E-state index in [-0.39, 0.29) is 25.1 Å². The van der Waals surface area contributed by atoms with Crippen LogP contribution in [-0.4, -0.2) is 29.2 Å². The van der Waals surface area contributed by atoms with Gasteiger partial charge in [-0.3, -0.25) is 19.3 Å². The maximum atomic E-state index is 13.3.